The number of methoxy groups -OCH3 is 1. The summed E-state index contributed by atoms with van der Waals surface area (Å²) in [4.78, 5) is 19.7. The molecule has 3 aromatic heterocycles. The van der Waals surface area contributed by atoms with Crippen molar-refractivity contribution in [2.45, 2.75) is 11.8 Å². The van der Waals surface area contributed by atoms with Crippen LogP contribution in [0, 0.1) is 12.7 Å². The van der Waals surface area contributed by atoms with Gasteiger partial charge in [0.15, 0.2) is 10.6 Å². The van der Waals surface area contributed by atoms with Crippen LogP contribution in [0.5, 0.6) is 5.88 Å². The Kier molecular flexibility index (Phi) is 6.15. The van der Waals surface area contributed by atoms with Crippen LogP contribution in [-0.4, -0.2) is 42.9 Å². The molecule has 0 fully saturated rings. The highest BCUT2D eigenvalue weighted by Gasteiger charge is 2.24. The second-order valence-electron chi connectivity index (χ2n) is 7.24. The van der Waals surface area contributed by atoms with E-state index in [1.54, 1.807) is 29.7 Å². The Hall–Kier alpha value is -3.70. The van der Waals surface area contributed by atoms with Crippen molar-refractivity contribution < 1.29 is 22.3 Å². The number of hydrogen-bond donors (Lipinski definition) is 2. The SMILES string of the molecule is CNC(=O)c1ncn2cc(-c3c(F)ccc(NS(=O)(=O)c4cc(Cl)cnc4OC)c3C)ccc12. The fourth-order valence-corrected chi connectivity index (χ4v) is 5.03. The molecule has 0 saturated heterocycles. The number of carbonyl (C=O) groups excluding carboxylic acids is 1. The van der Waals surface area contributed by atoms with E-state index in [2.05, 4.69) is 20.0 Å². The Morgan fingerprint density at radius 1 is 1.21 bits per heavy atom. The Labute approximate surface area is 199 Å². The van der Waals surface area contributed by atoms with Crippen molar-refractivity contribution in [1.29, 1.82) is 0 Å². The van der Waals surface area contributed by atoms with Gasteiger partial charge in [0.2, 0.25) is 5.88 Å². The molecule has 3 heterocycles. The molecule has 0 spiro atoms. The van der Waals surface area contributed by atoms with Crippen LogP contribution in [0.3, 0.4) is 0 Å². The van der Waals surface area contributed by atoms with E-state index in [0.717, 1.165) is 0 Å². The molecule has 1 amide bonds. The van der Waals surface area contributed by atoms with Crippen LogP contribution in [0.25, 0.3) is 16.6 Å². The lowest BCUT2D eigenvalue weighted by molar-refractivity contribution is 0.0960. The van der Waals surface area contributed by atoms with Crippen molar-refractivity contribution >= 4 is 38.7 Å². The monoisotopic (exact) mass is 503 g/mol. The normalized spacial score (nSPS) is 11.4. The van der Waals surface area contributed by atoms with Crippen LogP contribution in [0.15, 0.2) is 53.9 Å². The summed E-state index contributed by atoms with van der Waals surface area (Å²) < 4.78 is 50.1. The summed E-state index contributed by atoms with van der Waals surface area (Å²) in [6.07, 6.45) is 4.33. The second kappa shape index (κ2) is 8.92. The standard InChI is InChI=1S/C22H19ClFN5O4S/c1-12-16(28-34(31,32)18-8-14(23)9-26-22(18)33-3)6-5-15(24)19(12)13-4-7-17-20(21(30)25-2)27-11-29(17)10-13/h4-11,28H,1-3H3,(H,25,30). The Bertz CT molecular complexity index is 1540. The minimum absolute atomic E-state index is 0.113. The van der Waals surface area contributed by atoms with Gasteiger partial charge in [-0.2, -0.15) is 0 Å². The molecule has 0 saturated carbocycles. The molecule has 34 heavy (non-hydrogen) atoms. The fraction of sp³-hybridized carbons (Fsp3) is 0.136. The molecule has 0 atom stereocenters. The van der Waals surface area contributed by atoms with Crippen LogP contribution >= 0.6 is 11.6 Å². The highest BCUT2D eigenvalue weighted by molar-refractivity contribution is 7.92. The van der Waals surface area contributed by atoms with Gasteiger partial charge in [-0.15, -0.1) is 0 Å². The summed E-state index contributed by atoms with van der Waals surface area (Å²) in [6.45, 7) is 1.60. The summed E-state index contributed by atoms with van der Waals surface area (Å²) in [5.41, 5.74) is 1.94. The maximum atomic E-state index is 14.9. The zero-order chi connectivity index (χ0) is 24.6. The Morgan fingerprint density at radius 3 is 2.68 bits per heavy atom. The number of ether oxygens (including phenoxy) is 1. The maximum absolute atomic E-state index is 14.9. The number of nitrogens with zero attached hydrogens (tertiary/aromatic N) is 3. The minimum Gasteiger partial charge on any atom is -0.480 e. The number of carbonyl (C=O) groups is 1. The first-order valence-corrected chi connectivity index (χ1v) is 11.7. The van der Waals surface area contributed by atoms with Gasteiger partial charge in [-0.1, -0.05) is 17.7 Å². The zero-order valence-electron chi connectivity index (χ0n) is 18.3. The molecule has 0 radical (unpaired) electrons. The lowest BCUT2D eigenvalue weighted by atomic mass is 10.00. The zero-order valence-corrected chi connectivity index (χ0v) is 19.8. The molecule has 4 aromatic rings. The van der Waals surface area contributed by atoms with Gasteiger partial charge in [0.05, 0.1) is 23.3 Å². The molecule has 2 N–H and O–H groups in total. The van der Waals surface area contributed by atoms with E-state index in [4.69, 9.17) is 16.3 Å². The second-order valence-corrected chi connectivity index (χ2v) is 9.33. The third kappa shape index (κ3) is 4.15. The summed E-state index contributed by atoms with van der Waals surface area (Å²) >= 11 is 5.93. The van der Waals surface area contributed by atoms with Crippen molar-refractivity contribution in [2.24, 2.45) is 0 Å². The van der Waals surface area contributed by atoms with Crippen LogP contribution in [0.1, 0.15) is 16.1 Å². The molecule has 0 aliphatic rings. The first-order valence-electron chi connectivity index (χ1n) is 9.87. The van der Waals surface area contributed by atoms with E-state index in [-0.39, 0.29) is 38.7 Å². The Morgan fingerprint density at radius 2 is 1.97 bits per heavy atom. The van der Waals surface area contributed by atoms with E-state index >= 15 is 0 Å². The third-order valence-electron chi connectivity index (χ3n) is 5.19. The van der Waals surface area contributed by atoms with Gasteiger partial charge in [-0.3, -0.25) is 9.52 Å². The molecular weight excluding hydrogens is 485 g/mol. The highest BCUT2D eigenvalue weighted by atomic mass is 35.5. The molecule has 1 aromatic carbocycles. The molecule has 0 unspecified atom stereocenters. The van der Waals surface area contributed by atoms with Gasteiger partial charge < -0.3 is 14.5 Å². The van der Waals surface area contributed by atoms with Crippen LogP contribution in [-0.2, 0) is 10.0 Å². The number of rotatable bonds is 6. The summed E-state index contributed by atoms with van der Waals surface area (Å²) in [7, 11) is -1.37. The number of imidazole rings is 1. The maximum Gasteiger partial charge on any atom is 0.271 e. The summed E-state index contributed by atoms with van der Waals surface area (Å²) in [5.74, 6) is -1.03. The van der Waals surface area contributed by atoms with Gasteiger partial charge in [-0.05, 0) is 36.8 Å². The smallest absolute Gasteiger partial charge is 0.271 e. The van der Waals surface area contributed by atoms with Gasteiger partial charge in [0.25, 0.3) is 15.9 Å². The van der Waals surface area contributed by atoms with Crippen LogP contribution in [0.4, 0.5) is 10.1 Å². The molecule has 0 aliphatic heterocycles. The number of aromatic nitrogens is 3. The summed E-state index contributed by atoms with van der Waals surface area (Å²) in [6, 6.07) is 6.99. The number of nitrogens with one attached hydrogen (secondary N) is 2. The average Bonchev–Trinajstić information content (AvgIpc) is 3.24. The molecule has 0 bridgehead atoms. The fourth-order valence-electron chi connectivity index (χ4n) is 3.54. The van der Waals surface area contributed by atoms with Crippen LogP contribution < -0.4 is 14.8 Å². The predicted molar refractivity (Wildman–Crippen MR) is 125 cm³/mol. The molecular formula is C22H19ClFN5O4S. The van der Waals surface area contributed by atoms with E-state index < -0.39 is 15.8 Å². The average molecular weight is 504 g/mol. The van der Waals surface area contributed by atoms with Crippen LogP contribution in [0.2, 0.25) is 5.02 Å². The minimum atomic E-state index is -4.16. The number of fused-ring (bicyclic) bond motifs is 1. The third-order valence-corrected chi connectivity index (χ3v) is 6.75. The highest BCUT2D eigenvalue weighted by Crippen LogP contribution is 2.34. The van der Waals surface area contributed by atoms with Crippen molar-refractivity contribution in [2.75, 3.05) is 18.9 Å². The first-order chi connectivity index (χ1) is 16.2. The Balaban J connectivity index is 1.78. The van der Waals surface area contributed by atoms with Gasteiger partial charge >= 0.3 is 0 Å². The van der Waals surface area contributed by atoms with E-state index in [9.17, 15) is 17.6 Å². The van der Waals surface area contributed by atoms with E-state index in [0.29, 0.717) is 16.6 Å². The molecule has 12 heteroatoms. The molecule has 176 valence electrons. The first kappa shape index (κ1) is 23.5. The quantitative estimate of drug-likeness (QED) is 0.415. The lowest BCUT2D eigenvalue weighted by Gasteiger charge is -2.16. The van der Waals surface area contributed by atoms with Crippen molar-refractivity contribution in [3.8, 4) is 17.0 Å². The van der Waals surface area contributed by atoms with Gasteiger partial charge in [-0.25, -0.2) is 22.8 Å². The largest absolute Gasteiger partial charge is 0.480 e. The number of benzene rings is 1. The number of pyridine rings is 2. The number of amides is 1. The van der Waals surface area contributed by atoms with E-state index in [1.807, 2.05) is 0 Å². The van der Waals surface area contributed by atoms with Crippen molar-refractivity contribution in [3.05, 3.63) is 71.2 Å². The number of hydrogen-bond acceptors (Lipinski definition) is 6. The van der Waals surface area contributed by atoms with Crippen molar-refractivity contribution in [3.63, 3.8) is 0 Å². The topological polar surface area (TPSA) is 115 Å². The van der Waals surface area contributed by atoms with Gasteiger partial charge in [0.1, 0.15) is 12.1 Å². The van der Waals surface area contributed by atoms with E-state index in [1.165, 1.54) is 44.9 Å². The number of anilines is 1. The predicted octanol–water partition coefficient (Wildman–Crippen LogP) is 3.67. The van der Waals surface area contributed by atoms with Crippen molar-refractivity contribution in [1.82, 2.24) is 19.7 Å². The number of sulfonamides is 1. The van der Waals surface area contributed by atoms with Gasteiger partial charge in [0, 0.05) is 30.6 Å². The molecule has 9 nitrogen and oxygen atoms in total. The lowest BCUT2D eigenvalue weighted by Crippen LogP contribution is -2.18. The summed E-state index contributed by atoms with van der Waals surface area (Å²) in [5, 5.41) is 2.63. The molecule has 4 rings (SSSR count). The molecule has 0 aliphatic carbocycles. The number of halogens is 2.